The third-order valence-corrected chi connectivity index (χ3v) is 5.73. The quantitative estimate of drug-likeness (QED) is 0.604. The Balaban J connectivity index is 1.48. The van der Waals surface area contributed by atoms with Crippen LogP contribution in [-0.2, 0) is 16.1 Å². The second-order valence-electron chi connectivity index (χ2n) is 8.03. The van der Waals surface area contributed by atoms with Crippen LogP contribution in [0.5, 0.6) is 0 Å². The third kappa shape index (κ3) is 5.12. The second kappa shape index (κ2) is 9.49. The van der Waals surface area contributed by atoms with Crippen molar-refractivity contribution >= 4 is 11.7 Å². The van der Waals surface area contributed by atoms with Gasteiger partial charge in [0.25, 0.3) is 0 Å². The molecule has 0 aliphatic carbocycles. The molecule has 4 rings (SSSR count). The molecule has 3 heterocycles. The van der Waals surface area contributed by atoms with Gasteiger partial charge in [-0.25, -0.2) is 14.1 Å². The van der Waals surface area contributed by atoms with Crippen LogP contribution in [0.15, 0.2) is 41.8 Å². The minimum atomic E-state index is -0.223. The summed E-state index contributed by atoms with van der Waals surface area (Å²) < 4.78 is 20.4. The molecular weight excluding hydrogens is 385 g/mol. The minimum absolute atomic E-state index is 0.124. The van der Waals surface area contributed by atoms with Crippen molar-refractivity contribution in [2.45, 2.75) is 38.6 Å². The molecule has 0 radical (unpaired) electrons. The number of nitrogens with zero attached hydrogens (tertiary/aromatic N) is 4. The molecule has 0 spiro atoms. The molecule has 2 saturated heterocycles. The number of amides is 1. The molecule has 0 saturated carbocycles. The van der Waals surface area contributed by atoms with Crippen molar-refractivity contribution in [3.63, 3.8) is 0 Å². The maximum absolute atomic E-state index is 13.2. The molecule has 7 nitrogen and oxygen atoms in total. The van der Waals surface area contributed by atoms with Crippen molar-refractivity contribution in [2.75, 3.05) is 26.3 Å². The van der Waals surface area contributed by atoms with Crippen LogP contribution in [0.2, 0.25) is 0 Å². The average Bonchev–Trinajstić information content (AvgIpc) is 3.39. The standard InChI is InChI=1S/C22H28FN5O2/c1-16(29)25-21(26-28-11-9-24-22(28)18-7-12-30-13-8-18)19-6-10-27(15-19)14-17-2-4-20(23)5-3-17/h2-5,9,11,18-19H,6-8,10,12-15H2,1H3,(H,25,26,29). The summed E-state index contributed by atoms with van der Waals surface area (Å²) in [7, 11) is 0. The molecule has 30 heavy (non-hydrogen) atoms. The van der Waals surface area contributed by atoms with Gasteiger partial charge in [-0.05, 0) is 43.5 Å². The highest BCUT2D eigenvalue weighted by atomic mass is 19.1. The van der Waals surface area contributed by atoms with Crippen LogP contribution in [0, 0.1) is 11.7 Å². The van der Waals surface area contributed by atoms with E-state index in [1.165, 1.54) is 19.1 Å². The van der Waals surface area contributed by atoms with Gasteiger partial charge in [0.05, 0.1) is 0 Å². The second-order valence-corrected chi connectivity index (χ2v) is 8.03. The molecule has 1 amide bonds. The fraction of sp³-hybridized carbons (Fsp3) is 0.500. The Hall–Kier alpha value is -2.58. The molecular formula is C22H28FN5O2. The Bertz CT molecular complexity index is 889. The summed E-state index contributed by atoms with van der Waals surface area (Å²) >= 11 is 0. The van der Waals surface area contributed by atoms with Crippen molar-refractivity contribution in [3.05, 3.63) is 53.9 Å². The zero-order valence-electron chi connectivity index (χ0n) is 17.3. The zero-order valence-corrected chi connectivity index (χ0v) is 17.3. The zero-order chi connectivity index (χ0) is 20.9. The molecule has 1 N–H and O–H groups in total. The largest absolute Gasteiger partial charge is 0.381 e. The first-order chi connectivity index (χ1) is 14.6. The van der Waals surface area contributed by atoms with Crippen LogP contribution in [0.3, 0.4) is 0 Å². The van der Waals surface area contributed by atoms with Gasteiger partial charge in [-0.15, -0.1) is 0 Å². The predicted octanol–water partition coefficient (Wildman–Crippen LogP) is 2.74. The summed E-state index contributed by atoms with van der Waals surface area (Å²) in [5, 5.41) is 7.73. The van der Waals surface area contributed by atoms with Crippen molar-refractivity contribution in [2.24, 2.45) is 11.0 Å². The Morgan fingerprint density at radius 1 is 1.27 bits per heavy atom. The summed E-state index contributed by atoms with van der Waals surface area (Å²) in [5.74, 6) is 1.68. The van der Waals surface area contributed by atoms with Crippen LogP contribution in [0.25, 0.3) is 0 Å². The molecule has 2 fully saturated rings. The number of ether oxygens (including phenoxy) is 1. The van der Waals surface area contributed by atoms with Gasteiger partial charge in [0.15, 0.2) is 0 Å². The van der Waals surface area contributed by atoms with E-state index in [9.17, 15) is 9.18 Å². The summed E-state index contributed by atoms with van der Waals surface area (Å²) in [5.41, 5.74) is 1.08. The van der Waals surface area contributed by atoms with E-state index in [1.807, 2.05) is 23.0 Å². The fourth-order valence-corrected chi connectivity index (χ4v) is 4.19. The van der Waals surface area contributed by atoms with Crippen LogP contribution in [-0.4, -0.2) is 52.6 Å². The first-order valence-electron chi connectivity index (χ1n) is 10.5. The Kier molecular flexibility index (Phi) is 6.54. The lowest BCUT2D eigenvalue weighted by Gasteiger charge is -2.22. The third-order valence-electron chi connectivity index (χ3n) is 5.73. The van der Waals surface area contributed by atoms with E-state index in [2.05, 4.69) is 15.2 Å². The number of carbonyl (C=O) groups is 1. The van der Waals surface area contributed by atoms with E-state index in [-0.39, 0.29) is 17.6 Å². The fourth-order valence-electron chi connectivity index (χ4n) is 4.19. The number of likely N-dealkylation sites (tertiary alicyclic amines) is 1. The molecule has 2 aliphatic rings. The lowest BCUT2D eigenvalue weighted by Crippen LogP contribution is -2.36. The van der Waals surface area contributed by atoms with Crippen molar-refractivity contribution < 1.29 is 13.9 Å². The number of nitrogens with one attached hydrogen (secondary N) is 1. The maximum Gasteiger partial charge on any atom is 0.222 e. The number of hydrogen-bond acceptors (Lipinski definition) is 5. The molecule has 1 aromatic heterocycles. The summed E-state index contributed by atoms with van der Waals surface area (Å²) in [4.78, 5) is 18.7. The van der Waals surface area contributed by atoms with Gasteiger partial charge >= 0.3 is 0 Å². The number of benzene rings is 1. The maximum atomic E-state index is 13.2. The van der Waals surface area contributed by atoms with Crippen LogP contribution < -0.4 is 5.32 Å². The van der Waals surface area contributed by atoms with Crippen LogP contribution in [0.4, 0.5) is 4.39 Å². The highest BCUT2D eigenvalue weighted by Crippen LogP contribution is 2.26. The molecule has 2 aromatic rings. The number of aromatic nitrogens is 2. The number of amidine groups is 1. The molecule has 0 bridgehead atoms. The first-order valence-corrected chi connectivity index (χ1v) is 10.5. The van der Waals surface area contributed by atoms with Gasteiger partial charge in [0.1, 0.15) is 17.5 Å². The van der Waals surface area contributed by atoms with Gasteiger partial charge in [0.2, 0.25) is 5.91 Å². The summed E-state index contributed by atoms with van der Waals surface area (Å²) in [6.07, 6.45) is 6.36. The van der Waals surface area contributed by atoms with E-state index in [0.29, 0.717) is 11.8 Å². The highest BCUT2D eigenvalue weighted by Gasteiger charge is 2.28. The summed E-state index contributed by atoms with van der Waals surface area (Å²) in [6, 6.07) is 6.61. The van der Waals surface area contributed by atoms with Crippen molar-refractivity contribution in [1.82, 2.24) is 19.9 Å². The topological polar surface area (TPSA) is 71.8 Å². The van der Waals surface area contributed by atoms with Gasteiger partial charge in [-0.3, -0.25) is 9.69 Å². The number of hydrogen-bond donors (Lipinski definition) is 1. The molecule has 160 valence electrons. The molecule has 8 heteroatoms. The molecule has 2 aliphatic heterocycles. The SMILES string of the molecule is CC(=O)N/C(=N\n1ccnc1C1CCOCC1)C1CCN(Cc2ccc(F)cc2)C1. The molecule has 1 atom stereocenters. The highest BCUT2D eigenvalue weighted by molar-refractivity contribution is 5.98. The number of halogens is 1. The van der Waals surface area contributed by atoms with E-state index < -0.39 is 0 Å². The predicted molar refractivity (Wildman–Crippen MR) is 111 cm³/mol. The van der Waals surface area contributed by atoms with E-state index in [4.69, 9.17) is 9.84 Å². The molecule has 1 unspecified atom stereocenters. The number of rotatable bonds is 5. The normalized spacial score (nSPS) is 21.1. The van der Waals surface area contributed by atoms with Crippen LogP contribution >= 0.6 is 0 Å². The van der Waals surface area contributed by atoms with Crippen molar-refractivity contribution in [3.8, 4) is 0 Å². The van der Waals surface area contributed by atoms with E-state index >= 15 is 0 Å². The van der Waals surface area contributed by atoms with Crippen LogP contribution in [0.1, 0.15) is 43.5 Å². The lowest BCUT2D eigenvalue weighted by atomic mass is 10.00. The summed E-state index contributed by atoms with van der Waals surface area (Å²) in [6.45, 7) is 5.42. The lowest BCUT2D eigenvalue weighted by molar-refractivity contribution is -0.117. The average molecular weight is 413 g/mol. The Morgan fingerprint density at radius 3 is 2.77 bits per heavy atom. The van der Waals surface area contributed by atoms with Crippen molar-refractivity contribution in [1.29, 1.82) is 0 Å². The van der Waals surface area contributed by atoms with E-state index in [1.54, 1.807) is 6.20 Å². The minimum Gasteiger partial charge on any atom is -0.381 e. The van der Waals surface area contributed by atoms with Gasteiger partial charge in [0, 0.05) is 57.5 Å². The smallest absolute Gasteiger partial charge is 0.222 e. The Labute approximate surface area is 175 Å². The Morgan fingerprint density at radius 2 is 2.03 bits per heavy atom. The first kappa shape index (κ1) is 20.7. The molecule has 1 aromatic carbocycles. The van der Waals surface area contributed by atoms with Gasteiger partial charge in [-0.1, -0.05) is 12.1 Å². The van der Waals surface area contributed by atoms with Gasteiger partial charge < -0.3 is 10.1 Å². The van der Waals surface area contributed by atoms with E-state index in [0.717, 1.165) is 63.5 Å². The van der Waals surface area contributed by atoms with Gasteiger partial charge in [-0.2, -0.15) is 5.10 Å². The number of imidazole rings is 1. The monoisotopic (exact) mass is 413 g/mol. The number of carbonyl (C=O) groups excluding carboxylic acids is 1.